The van der Waals surface area contributed by atoms with E-state index in [0.29, 0.717) is 5.56 Å². The second-order valence-electron chi connectivity index (χ2n) is 7.08. The van der Waals surface area contributed by atoms with Crippen molar-refractivity contribution < 1.29 is 4.79 Å². The standard InChI is InChI=1S/C20H22N4O/c1-14(2)24-18-15(13-22-24)11-16(12-21-18)19(25)23-20(9-6-10-20)17-7-4-3-5-8-17/h3-5,7-8,11-14H,6,9-10H2,1-2H3,(H,23,25). The van der Waals surface area contributed by atoms with E-state index in [1.807, 2.05) is 28.9 Å². The van der Waals surface area contributed by atoms with E-state index in [2.05, 4.69) is 41.4 Å². The largest absolute Gasteiger partial charge is 0.342 e. The van der Waals surface area contributed by atoms with Crippen LogP contribution in [0.3, 0.4) is 0 Å². The SMILES string of the molecule is CC(C)n1ncc2cc(C(=O)NC3(c4ccccc4)CCC3)cnc21. The van der Waals surface area contributed by atoms with Crippen LogP contribution in [0.4, 0.5) is 0 Å². The molecule has 25 heavy (non-hydrogen) atoms. The van der Waals surface area contributed by atoms with Crippen LogP contribution in [-0.4, -0.2) is 20.7 Å². The maximum atomic E-state index is 12.8. The molecule has 3 aromatic rings. The highest BCUT2D eigenvalue weighted by Gasteiger charge is 2.40. The Balaban J connectivity index is 1.62. The summed E-state index contributed by atoms with van der Waals surface area (Å²) in [6.45, 7) is 4.13. The Labute approximate surface area is 147 Å². The number of carbonyl (C=O) groups excluding carboxylic acids is 1. The van der Waals surface area contributed by atoms with E-state index >= 15 is 0 Å². The number of carbonyl (C=O) groups is 1. The number of nitrogens with one attached hydrogen (secondary N) is 1. The van der Waals surface area contributed by atoms with Crippen LogP contribution >= 0.6 is 0 Å². The first kappa shape index (κ1) is 15.8. The van der Waals surface area contributed by atoms with Crippen molar-refractivity contribution in [1.29, 1.82) is 0 Å². The number of aromatic nitrogens is 3. The summed E-state index contributed by atoms with van der Waals surface area (Å²) in [6, 6.07) is 12.3. The molecular formula is C20H22N4O. The van der Waals surface area contributed by atoms with E-state index in [1.54, 1.807) is 12.4 Å². The number of fused-ring (bicyclic) bond motifs is 1. The Morgan fingerprint density at radius 1 is 1.20 bits per heavy atom. The molecule has 4 rings (SSSR count). The number of rotatable bonds is 4. The fourth-order valence-corrected chi connectivity index (χ4v) is 3.51. The lowest BCUT2D eigenvalue weighted by Crippen LogP contribution is -2.50. The summed E-state index contributed by atoms with van der Waals surface area (Å²) in [7, 11) is 0. The van der Waals surface area contributed by atoms with Gasteiger partial charge in [0.15, 0.2) is 5.65 Å². The summed E-state index contributed by atoms with van der Waals surface area (Å²) >= 11 is 0. The molecule has 2 aromatic heterocycles. The molecule has 5 heteroatoms. The third-order valence-electron chi connectivity index (χ3n) is 5.07. The van der Waals surface area contributed by atoms with Crippen LogP contribution in [-0.2, 0) is 5.54 Å². The minimum Gasteiger partial charge on any atom is -0.342 e. The maximum Gasteiger partial charge on any atom is 0.253 e. The molecule has 2 heterocycles. The van der Waals surface area contributed by atoms with Crippen molar-refractivity contribution in [2.45, 2.75) is 44.7 Å². The highest BCUT2D eigenvalue weighted by atomic mass is 16.1. The zero-order valence-corrected chi connectivity index (χ0v) is 14.6. The number of pyridine rings is 1. The minimum absolute atomic E-state index is 0.0738. The Kier molecular flexibility index (Phi) is 3.79. The van der Waals surface area contributed by atoms with Gasteiger partial charge in [-0.3, -0.25) is 4.79 Å². The fraction of sp³-hybridized carbons (Fsp3) is 0.350. The van der Waals surface area contributed by atoms with Gasteiger partial charge in [-0.1, -0.05) is 30.3 Å². The van der Waals surface area contributed by atoms with Gasteiger partial charge in [0.05, 0.1) is 17.3 Å². The molecule has 1 N–H and O–H groups in total. The molecule has 1 amide bonds. The highest BCUT2D eigenvalue weighted by molar-refractivity contribution is 5.97. The minimum atomic E-state index is -0.241. The molecule has 0 atom stereocenters. The zero-order chi connectivity index (χ0) is 17.4. The first-order chi connectivity index (χ1) is 12.1. The summed E-state index contributed by atoms with van der Waals surface area (Å²) in [4.78, 5) is 17.3. The molecule has 1 aromatic carbocycles. The predicted octanol–water partition coefficient (Wildman–Crippen LogP) is 3.82. The molecular weight excluding hydrogens is 312 g/mol. The van der Waals surface area contributed by atoms with Gasteiger partial charge in [-0.05, 0) is 44.7 Å². The maximum absolute atomic E-state index is 12.8. The van der Waals surface area contributed by atoms with E-state index < -0.39 is 0 Å². The molecule has 128 valence electrons. The van der Waals surface area contributed by atoms with Crippen molar-refractivity contribution in [3.8, 4) is 0 Å². The van der Waals surface area contributed by atoms with Crippen molar-refractivity contribution in [2.24, 2.45) is 0 Å². The van der Waals surface area contributed by atoms with Gasteiger partial charge in [0.25, 0.3) is 5.91 Å². The van der Waals surface area contributed by atoms with Crippen molar-refractivity contribution in [3.63, 3.8) is 0 Å². The molecule has 0 aliphatic heterocycles. The van der Waals surface area contributed by atoms with E-state index in [1.165, 1.54) is 5.56 Å². The topological polar surface area (TPSA) is 59.8 Å². The van der Waals surface area contributed by atoms with Crippen LogP contribution < -0.4 is 5.32 Å². The summed E-state index contributed by atoms with van der Waals surface area (Å²) in [6.07, 6.45) is 6.51. The van der Waals surface area contributed by atoms with Gasteiger partial charge in [-0.2, -0.15) is 5.10 Å². The number of hydrogen-bond donors (Lipinski definition) is 1. The van der Waals surface area contributed by atoms with Gasteiger partial charge in [0, 0.05) is 17.6 Å². The van der Waals surface area contributed by atoms with Gasteiger partial charge in [-0.25, -0.2) is 9.67 Å². The molecule has 0 unspecified atom stereocenters. The van der Waals surface area contributed by atoms with Crippen LogP contribution in [0.25, 0.3) is 11.0 Å². The number of benzene rings is 1. The third kappa shape index (κ3) is 2.69. The lowest BCUT2D eigenvalue weighted by atomic mass is 9.71. The van der Waals surface area contributed by atoms with Crippen LogP contribution in [0, 0.1) is 0 Å². The third-order valence-corrected chi connectivity index (χ3v) is 5.07. The molecule has 0 bridgehead atoms. The van der Waals surface area contributed by atoms with Crippen LogP contribution in [0.2, 0.25) is 0 Å². The second-order valence-corrected chi connectivity index (χ2v) is 7.08. The Morgan fingerprint density at radius 3 is 2.60 bits per heavy atom. The Bertz CT molecular complexity index is 910. The number of amides is 1. The van der Waals surface area contributed by atoms with Gasteiger partial charge >= 0.3 is 0 Å². The van der Waals surface area contributed by atoms with E-state index in [-0.39, 0.29) is 17.5 Å². The van der Waals surface area contributed by atoms with Gasteiger partial charge in [0.2, 0.25) is 0 Å². The second kappa shape index (κ2) is 5.99. The lowest BCUT2D eigenvalue weighted by Gasteiger charge is -2.43. The van der Waals surface area contributed by atoms with Crippen molar-refractivity contribution in [3.05, 3.63) is 59.9 Å². The molecule has 1 saturated carbocycles. The highest BCUT2D eigenvalue weighted by Crippen LogP contribution is 2.41. The summed E-state index contributed by atoms with van der Waals surface area (Å²) in [5.41, 5.74) is 2.33. The zero-order valence-electron chi connectivity index (χ0n) is 14.6. The quantitative estimate of drug-likeness (QED) is 0.789. The van der Waals surface area contributed by atoms with Gasteiger partial charge in [-0.15, -0.1) is 0 Å². The molecule has 0 spiro atoms. The molecule has 0 radical (unpaired) electrons. The van der Waals surface area contributed by atoms with E-state index in [0.717, 1.165) is 30.3 Å². The van der Waals surface area contributed by atoms with Crippen molar-refractivity contribution >= 4 is 16.9 Å². The Morgan fingerprint density at radius 2 is 1.96 bits per heavy atom. The van der Waals surface area contributed by atoms with Crippen LogP contribution in [0.15, 0.2) is 48.8 Å². The number of nitrogens with zero attached hydrogens (tertiary/aromatic N) is 3. The molecule has 1 aliphatic carbocycles. The molecule has 0 saturated heterocycles. The monoisotopic (exact) mass is 334 g/mol. The summed E-state index contributed by atoms with van der Waals surface area (Å²) in [5, 5.41) is 8.51. The van der Waals surface area contributed by atoms with E-state index in [9.17, 15) is 4.79 Å². The smallest absolute Gasteiger partial charge is 0.253 e. The first-order valence-corrected chi connectivity index (χ1v) is 8.80. The summed E-state index contributed by atoms with van der Waals surface area (Å²) < 4.78 is 1.87. The first-order valence-electron chi connectivity index (χ1n) is 8.80. The van der Waals surface area contributed by atoms with Crippen LogP contribution in [0.1, 0.15) is 55.1 Å². The van der Waals surface area contributed by atoms with Crippen molar-refractivity contribution in [2.75, 3.05) is 0 Å². The molecule has 1 aliphatic rings. The van der Waals surface area contributed by atoms with Gasteiger partial charge in [0.1, 0.15) is 0 Å². The number of hydrogen-bond acceptors (Lipinski definition) is 3. The molecule has 5 nitrogen and oxygen atoms in total. The average molecular weight is 334 g/mol. The predicted molar refractivity (Wildman–Crippen MR) is 97.4 cm³/mol. The normalized spacial score (nSPS) is 16.0. The van der Waals surface area contributed by atoms with Crippen molar-refractivity contribution in [1.82, 2.24) is 20.1 Å². The van der Waals surface area contributed by atoms with E-state index in [4.69, 9.17) is 0 Å². The molecule has 1 fully saturated rings. The fourth-order valence-electron chi connectivity index (χ4n) is 3.51. The summed E-state index contributed by atoms with van der Waals surface area (Å²) in [5.74, 6) is -0.0738. The average Bonchev–Trinajstić information content (AvgIpc) is 3.02. The van der Waals surface area contributed by atoms with Crippen LogP contribution in [0.5, 0.6) is 0 Å². The Hall–Kier alpha value is -2.69. The lowest BCUT2D eigenvalue weighted by molar-refractivity contribution is 0.0823. The van der Waals surface area contributed by atoms with Gasteiger partial charge < -0.3 is 5.32 Å².